The molecule has 0 radical (unpaired) electrons. The number of alkyl halides is 1. The van der Waals surface area contributed by atoms with Crippen LogP contribution in [0.25, 0.3) is 16.5 Å². The Bertz CT molecular complexity index is 525. The van der Waals surface area contributed by atoms with Crippen LogP contribution in [-0.2, 0) is 0 Å². The van der Waals surface area contributed by atoms with Crippen LogP contribution < -0.4 is 0 Å². The molecular weight excluding hydrogens is 275 g/mol. The maximum atomic E-state index is 6.23. The van der Waals surface area contributed by atoms with E-state index in [2.05, 4.69) is 32.7 Å². The van der Waals surface area contributed by atoms with Gasteiger partial charge in [0, 0.05) is 10.7 Å². The summed E-state index contributed by atoms with van der Waals surface area (Å²) < 4.78 is 0. The maximum absolute atomic E-state index is 6.23. The fourth-order valence-corrected chi connectivity index (χ4v) is 1.91. The number of allylic oxidation sites excluding steroid dienone is 1. The molecule has 0 saturated heterocycles. The molecule has 0 aliphatic heterocycles. The van der Waals surface area contributed by atoms with Crippen molar-refractivity contribution in [1.29, 1.82) is 0 Å². The van der Waals surface area contributed by atoms with Crippen molar-refractivity contribution in [2.24, 2.45) is 0 Å². The number of hydrogen-bond donors (Lipinski definition) is 0. The minimum Gasteiger partial charge on any atom is -0.150 e. The van der Waals surface area contributed by atoms with Crippen molar-refractivity contribution in [3.8, 4) is 0 Å². The predicted octanol–water partition coefficient (Wildman–Crippen LogP) is 3.69. The standard InChI is InChI=1S/C11H8BrClN2/c1-7(6-12)11-10(13)8-4-2-3-5-9(8)14-15-11/h2-5H,1,6H2. The third-order valence-corrected chi connectivity index (χ3v) is 3.16. The Morgan fingerprint density at radius 2 is 2.07 bits per heavy atom. The summed E-state index contributed by atoms with van der Waals surface area (Å²) in [6.45, 7) is 3.88. The van der Waals surface area contributed by atoms with E-state index in [1.165, 1.54) is 0 Å². The molecule has 0 atom stereocenters. The molecule has 1 heterocycles. The highest BCUT2D eigenvalue weighted by Crippen LogP contribution is 2.28. The molecule has 0 N–H and O–H groups in total. The second kappa shape index (κ2) is 4.29. The van der Waals surface area contributed by atoms with Gasteiger partial charge < -0.3 is 0 Å². The van der Waals surface area contributed by atoms with Gasteiger partial charge in [-0.05, 0) is 11.6 Å². The van der Waals surface area contributed by atoms with Gasteiger partial charge in [0.15, 0.2) is 0 Å². The molecule has 0 fully saturated rings. The molecule has 0 aliphatic carbocycles. The fraction of sp³-hybridized carbons (Fsp3) is 0.0909. The van der Waals surface area contributed by atoms with Crippen molar-refractivity contribution < 1.29 is 0 Å². The molecule has 0 unspecified atom stereocenters. The van der Waals surface area contributed by atoms with E-state index in [1.54, 1.807) is 0 Å². The molecule has 0 saturated carbocycles. The average molecular weight is 284 g/mol. The number of benzene rings is 1. The molecule has 76 valence electrons. The van der Waals surface area contributed by atoms with Crippen LogP contribution in [-0.4, -0.2) is 15.5 Å². The van der Waals surface area contributed by atoms with Gasteiger partial charge in [0.2, 0.25) is 0 Å². The normalized spacial score (nSPS) is 10.5. The lowest BCUT2D eigenvalue weighted by Crippen LogP contribution is -1.95. The van der Waals surface area contributed by atoms with Gasteiger partial charge in [-0.15, -0.1) is 10.2 Å². The predicted molar refractivity (Wildman–Crippen MR) is 67.4 cm³/mol. The molecule has 2 nitrogen and oxygen atoms in total. The van der Waals surface area contributed by atoms with E-state index in [4.69, 9.17) is 11.6 Å². The third-order valence-electron chi connectivity index (χ3n) is 2.10. The second-order valence-corrected chi connectivity index (χ2v) is 4.06. The Labute approximate surface area is 101 Å². The van der Waals surface area contributed by atoms with E-state index in [9.17, 15) is 0 Å². The van der Waals surface area contributed by atoms with Gasteiger partial charge in [0.1, 0.15) is 5.69 Å². The summed E-state index contributed by atoms with van der Waals surface area (Å²) in [7, 11) is 0. The maximum Gasteiger partial charge on any atom is 0.108 e. The lowest BCUT2D eigenvalue weighted by molar-refractivity contribution is 1.05. The molecule has 0 spiro atoms. The molecule has 1 aromatic carbocycles. The van der Waals surface area contributed by atoms with Gasteiger partial charge >= 0.3 is 0 Å². The van der Waals surface area contributed by atoms with Crippen molar-refractivity contribution in [3.05, 3.63) is 41.6 Å². The van der Waals surface area contributed by atoms with E-state index in [1.807, 2.05) is 24.3 Å². The van der Waals surface area contributed by atoms with Gasteiger partial charge in [0.05, 0.1) is 10.5 Å². The van der Waals surface area contributed by atoms with Crippen molar-refractivity contribution in [2.75, 3.05) is 5.33 Å². The smallest absolute Gasteiger partial charge is 0.108 e. The molecule has 0 amide bonds. The highest BCUT2D eigenvalue weighted by Gasteiger charge is 2.09. The first-order valence-electron chi connectivity index (χ1n) is 4.39. The largest absolute Gasteiger partial charge is 0.150 e. The molecule has 2 aromatic rings. The lowest BCUT2D eigenvalue weighted by atomic mass is 10.1. The van der Waals surface area contributed by atoms with Crippen molar-refractivity contribution >= 4 is 44.0 Å². The molecule has 1 aromatic heterocycles. The zero-order chi connectivity index (χ0) is 10.8. The Hall–Kier alpha value is -0.930. The van der Waals surface area contributed by atoms with E-state index in [0.29, 0.717) is 16.0 Å². The highest BCUT2D eigenvalue weighted by molar-refractivity contribution is 9.09. The number of aromatic nitrogens is 2. The van der Waals surface area contributed by atoms with Crippen LogP contribution >= 0.6 is 27.5 Å². The Balaban J connectivity index is 2.70. The summed E-state index contributed by atoms with van der Waals surface area (Å²) in [5.41, 5.74) is 2.29. The Kier molecular flexibility index (Phi) is 3.03. The van der Waals surface area contributed by atoms with Crippen molar-refractivity contribution in [1.82, 2.24) is 10.2 Å². The van der Waals surface area contributed by atoms with Crippen molar-refractivity contribution in [3.63, 3.8) is 0 Å². The van der Waals surface area contributed by atoms with E-state index in [-0.39, 0.29) is 0 Å². The summed E-state index contributed by atoms with van der Waals surface area (Å²) in [5, 5.41) is 10.3. The number of nitrogens with zero attached hydrogens (tertiary/aromatic N) is 2. The first-order valence-corrected chi connectivity index (χ1v) is 5.89. The number of halogens is 2. The number of fused-ring (bicyclic) bond motifs is 1. The van der Waals surface area contributed by atoms with Gasteiger partial charge in [0.25, 0.3) is 0 Å². The van der Waals surface area contributed by atoms with E-state index in [0.717, 1.165) is 16.5 Å². The van der Waals surface area contributed by atoms with E-state index < -0.39 is 0 Å². The Morgan fingerprint density at radius 3 is 2.80 bits per heavy atom. The quantitative estimate of drug-likeness (QED) is 0.786. The molecule has 2 rings (SSSR count). The van der Waals surface area contributed by atoms with Crippen LogP contribution in [0.5, 0.6) is 0 Å². The average Bonchev–Trinajstić information content (AvgIpc) is 2.29. The summed E-state index contributed by atoms with van der Waals surface area (Å²) in [5.74, 6) is 0. The molecule has 4 heteroatoms. The monoisotopic (exact) mass is 282 g/mol. The van der Waals surface area contributed by atoms with Gasteiger partial charge in [-0.2, -0.15) is 0 Å². The summed E-state index contributed by atoms with van der Waals surface area (Å²) in [4.78, 5) is 0. The molecule has 0 aliphatic rings. The number of hydrogen-bond acceptors (Lipinski definition) is 2. The minimum absolute atomic E-state index is 0.616. The summed E-state index contributed by atoms with van der Waals surface area (Å²) in [6.07, 6.45) is 0. The third kappa shape index (κ3) is 1.90. The summed E-state index contributed by atoms with van der Waals surface area (Å²) in [6, 6.07) is 7.65. The first-order chi connectivity index (χ1) is 7.24. The lowest BCUT2D eigenvalue weighted by Gasteiger charge is -2.05. The van der Waals surface area contributed by atoms with Crippen LogP contribution in [0.2, 0.25) is 5.02 Å². The van der Waals surface area contributed by atoms with Gasteiger partial charge in [-0.25, -0.2) is 0 Å². The molecular formula is C11H8BrClN2. The van der Waals surface area contributed by atoms with Gasteiger partial charge in [-0.3, -0.25) is 0 Å². The summed E-state index contributed by atoms with van der Waals surface area (Å²) >= 11 is 9.55. The first kappa shape index (κ1) is 10.6. The zero-order valence-corrected chi connectivity index (χ0v) is 10.2. The van der Waals surface area contributed by atoms with Crippen LogP contribution in [0.4, 0.5) is 0 Å². The van der Waals surface area contributed by atoms with Gasteiger partial charge in [-0.1, -0.05) is 52.3 Å². The highest BCUT2D eigenvalue weighted by atomic mass is 79.9. The van der Waals surface area contributed by atoms with Crippen LogP contribution in [0, 0.1) is 0 Å². The topological polar surface area (TPSA) is 25.8 Å². The zero-order valence-electron chi connectivity index (χ0n) is 7.87. The second-order valence-electron chi connectivity index (χ2n) is 3.12. The fourth-order valence-electron chi connectivity index (χ4n) is 1.31. The molecule has 15 heavy (non-hydrogen) atoms. The van der Waals surface area contributed by atoms with Crippen molar-refractivity contribution in [2.45, 2.75) is 0 Å². The van der Waals surface area contributed by atoms with Crippen LogP contribution in [0.3, 0.4) is 0 Å². The SMILES string of the molecule is C=C(CBr)c1nnc2ccccc2c1Cl. The Morgan fingerprint density at radius 1 is 1.33 bits per heavy atom. The van der Waals surface area contributed by atoms with Crippen LogP contribution in [0.1, 0.15) is 5.69 Å². The number of rotatable bonds is 2. The van der Waals surface area contributed by atoms with E-state index >= 15 is 0 Å². The molecule has 0 bridgehead atoms. The minimum atomic E-state index is 0.616. The van der Waals surface area contributed by atoms with Crippen LogP contribution in [0.15, 0.2) is 30.8 Å².